The second-order valence-corrected chi connectivity index (χ2v) is 5.40. The van der Waals surface area contributed by atoms with Crippen molar-refractivity contribution in [3.8, 4) is 11.5 Å². The van der Waals surface area contributed by atoms with Crippen molar-refractivity contribution in [3.05, 3.63) is 60.2 Å². The lowest BCUT2D eigenvalue weighted by Crippen LogP contribution is -2.31. The van der Waals surface area contributed by atoms with Gasteiger partial charge in [-0.05, 0) is 29.8 Å². The molecule has 0 saturated heterocycles. The number of methoxy groups -OCH3 is 1. The van der Waals surface area contributed by atoms with Crippen LogP contribution in [0, 0.1) is 0 Å². The second-order valence-electron chi connectivity index (χ2n) is 5.40. The first-order valence-electron chi connectivity index (χ1n) is 7.91. The lowest BCUT2D eigenvalue weighted by molar-refractivity contribution is -0.137. The SMILES string of the molecule is COc1ccc(C(CC(=O)O)NC(=O)CCOc2ccccc2)cc1. The van der Waals surface area contributed by atoms with Gasteiger partial charge < -0.3 is 19.9 Å². The van der Waals surface area contributed by atoms with Gasteiger partial charge in [0.15, 0.2) is 0 Å². The number of carbonyl (C=O) groups excluding carboxylic acids is 1. The van der Waals surface area contributed by atoms with Crippen LogP contribution in [0.15, 0.2) is 54.6 Å². The number of amides is 1. The Kier molecular flexibility index (Phi) is 6.83. The molecule has 6 nitrogen and oxygen atoms in total. The zero-order chi connectivity index (χ0) is 18.1. The van der Waals surface area contributed by atoms with Crippen molar-refractivity contribution in [2.45, 2.75) is 18.9 Å². The van der Waals surface area contributed by atoms with E-state index in [2.05, 4.69) is 5.32 Å². The van der Waals surface area contributed by atoms with Gasteiger partial charge >= 0.3 is 5.97 Å². The summed E-state index contributed by atoms with van der Waals surface area (Å²) >= 11 is 0. The molecule has 0 saturated carbocycles. The number of benzene rings is 2. The van der Waals surface area contributed by atoms with Gasteiger partial charge in [-0.1, -0.05) is 30.3 Å². The van der Waals surface area contributed by atoms with Gasteiger partial charge in [0.25, 0.3) is 0 Å². The number of ether oxygens (including phenoxy) is 2. The van der Waals surface area contributed by atoms with Crippen LogP contribution in [-0.4, -0.2) is 30.7 Å². The van der Waals surface area contributed by atoms with E-state index in [1.54, 1.807) is 31.4 Å². The number of para-hydroxylation sites is 1. The lowest BCUT2D eigenvalue weighted by Gasteiger charge is -2.18. The Balaban J connectivity index is 1.91. The Hall–Kier alpha value is -3.02. The van der Waals surface area contributed by atoms with Crippen LogP contribution < -0.4 is 14.8 Å². The molecule has 2 aromatic rings. The van der Waals surface area contributed by atoms with E-state index in [9.17, 15) is 9.59 Å². The van der Waals surface area contributed by atoms with E-state index < -0.39 is 12.0 Å². The van der Waals surface area contributed by atoms with Gasteiger partial charge in [0, 0.05) is 0 Å². The van der Waals surface area contributed by atoms with Crippen LogP contribution >= 0.6 is 0 Å². The Morgan fingerprint density at radius 3 is 2.32 bits per heavy atom. The highest BCUT2D eigenvalue weighted by Gasteiger charge is 2.18. The number of hydrogen-bond acceptors (Lipinski definition) is 4. The highest BCUT2D eigenvalue weighted by molar-refractivity contribution is 5.77. The molecule has 132 valence electrons. The van der Waals surface area contributed by atoms with Gasteiger partial charge in [0.2, 0.25) is 5.91 Å². The summed E-state index contributed by atoms with van der Waals surface area (Å²) in [5, 5.41) is 11.8. The quantitative estimate of drug-likeness (QED) is 0.731. The molecule has 6 heteroatoms. The van der Waals surface area contributed by atoms with Gasteiger partial charge in [0.1, 0.15) is 11.5 Å². The number of carbonyl (C=O) groups is 2. The van der Waals surface area contributed by atoms with Crippen molar-refractivity contribution in [1.29, 1.82) is 0 Å². The topological polar surface area (TPSA) is 84.9 Å². The molecule has 0 aliphatic rings. The minimum absolute atomic E-state index is 0.140. The lowest BCUT2D eigenvalue weighted by atomic mass is 10.0. The minimum atomic E-state index is -0.985. The van der Waals surface area contributed by atoms with Crippen LogP contribution in [0.4, 0.5) is 0 Å². The van der Waals surface area contributed by atoms with E-state index in [4.69, 9.17) is 14.6 Å². The summed E-state index contributed by atoms with van der Waals surface area (Å²) in [6.45, 7) is 0.220. The number of rotatable bonds is 9. The molecule has 0 aliphatic heterocycles. The van der Waals surface area contributed by atoms with E-state index in [-0.39, 0.29) is 25.4 Å². The monoisotopic (exact) mass is 343 g/mol. The Bertz CT molecular complexity index is 685. The zero-order valence-corrected chi connectivity index (χ0v) is 14.0. The molecule has 0 heterocycles. The number of aliphatic carboxylic acids is 1. The number of carboxylic acids is 1. The number of hydrogen-bond donors (Lipinski definition) is 2. The van der Waals surface area contributed by atoms with E-state index in [1.807, 2.05) is 30.3 Å². The number of carboxylic acid groups (broad SMARTS) is 1. The Labute approximate surface area is 146 Å². The van der Waals surface area contributed by atoms with E-state index in [0.717, 1.165) is 0 Å². The first-order valence-corrected chi connectivity index (χ1v) is 7.91. The molecule has 0 fully saturated rings. The third-order valence-corrected chi connectivity index (χ3v) is 3.57. The molecular formula is C19H21NO5. The third-order valence-electron chi connectivity index (χ3n) is 3.57. The molecule has 0 aliphatic carbocycles. The zero-order valence-electron chi connectivity index (χ0n) is 14.0. The normalized spacial score (nSPS) is 11.4. The van der Waals surface area contributed by atoms with E-state index in [0.29, 0.717) is 17.1 Å². The first kappa shape index (κ1) is 18.3. The summed E-state index contributed by atoms with van der Waals surface area (Å²) in [5.74, 6) is 0.104. The van der Waals surface area contributed by atoms with Crippen molar-refractivity contribution < 1.29 is 24.2 Å². The van der Waals surface area contributed by atoms with Gasteiger partial charge in [-0.25, -0.2) is 0 Å². The molecule has 1 amide bonds. The van der Waals surface area contributed by atoms with Crippen LogP contribution in [0.1, 0.15) is 24.4 Å². The molecule has 0 bridgehead atoms. The maximum Gasteiger partial charge on any atom is 0.305 e. The van der Waals surface area contributed by atoms with Crippen LogP contribution in [0.5, 0.6) is 11.5 Å². The van der Waals surface area contributed by atoms with Gasteiger partial charge in [0.05, 0.1) is 32.6 Å². The highest BCUT2D eigenvalue weighted by atomic mass is 16.5. The van der Waals surface area contributed by atoms with Crippen LogP contribution in [-0.2, 0) is 9.59 Å². The van der Waals surface area contributed by atoms with Crippen LogP contribution in [0.25, 0.3) is 0 Å². The van der Waals surface area contributed by atoms with Crippen molar-refractivity contribution in [3.63, 3.8) is 0 Å². The largest absolute Gasteiger partial charge is 0.497 e. The molecule has 25 heavy (non-hydrogen) atoms. The van der Waals surface area contributed by atoms with Gasteiger partial charge in [-0.2, -0.15) is 0 Å². The summed E-state index contributed by atoms with van der Waals surface area (Å²) in [7, 11) is 1.55. The average molecular weight is 343 g/mol. The van der Waals surface area contributed by atoms with Gasteiger partial charge in [-0.3, -0.25) is 9.59 Å². The summed E-state index contributed by atoms with van der Waals surface area (Å²) < 4.78 is 10.6. The molecule has 0 aromatic heterocycles. The van der Waals surface area contributed by atoms with Crippen molar-refractivity contribution >= 4 is 11.9 Å². The maximum absolute atomic E-state index is 12.1. The summed E-state index contributed by atoms with van der Waals surface area (Å²) in [4.78, 5) is 23.2. The molecule has 1 atom stereocenters. The fourth-order valence-electron chi connectivity index (χ4n) is 2.31. The fourth-order valence-corrected chi connectivity index (χ4v) is 2.31. The first-order chi connectivity index (χ1) is 12.1. The van der Waals surface area contributed by atoms with Crippen LogP contribution in [0.3, 0.4) is 0 Å². The summed E-state index contributed by atoms with van der Waals surface area (Å²) in [6, 6.07) is 15.5. The number of nitrogens with one attached hydrogen (secondary N) is 1. The maximum atomic E-state index is 12.1. The highest BCUT2D eigenvalue weighted by Crippen LogP contribution is 2.20. The second kappa shape index (κ2) is 9.32. The molecule has 1 unspecified atom stereocenters. The standard InChI is InChI=1S/C19H21NO5/c1-24-15-9-7-14(8-10-15)17(13-19(22)23)20-18(21)11-12-25-16-5-3-2-4-6-16/h2-10,17H,11-13H2,1H3,(H,20,21)(H,22,23). The average Bonchev–Trinajstić information content (AvgIpc) is 2.62. The minimum Gasteiger partial charge on any atom is -0.497 e. The smallest absolute Gasteiger partial charge is 0.305 e. The fraction of sp³-hybridized carbons (Fsp3) is 0.263. The molecule has 0 radical (unpaired) electrons. The molecule has 0 spiro atoms. The Morgan fingerprint density at radius 2 is 1.72 bits per heavy atom. The molecule has 2 aromatic carbocycles. The predicted molar refractivity (Wildman–Crippen MR) is 92.7 cm³/mol. The van der Waals surface area contributed by atoms with E-state index >= 15 is 0 Å². The van der Waals surface area contributed by atoms with E-state index in [1.165, 1.54) is 0 Å². The molecular weight excluding hydrogens is 322 g/mol. The summed E-state index contributed by atoms with van der Waals surface area (Å²) in [6.07, 6.45) is -0.0568. The van der Waals surface area contributed by atoms with Crippen LogP contribution in [0.2, 0.25) is 0 Å². The van der Waals surface area contributed by atoms with Crippen molar-refractivity contribution in [1.82, 2.24) is 5.32 Å². The van der Waals surface area contributed by atoms with Crippen molar-refractivity contribution in [2.75, 3.05) is 13.7 Å². The Morgan fingerprint density at radius 1 is 1.04 bits per heavy atom. The summed E-state index contributed by atoms with van der Waals surface area (Å²) in [5.41, 5.74) is 0.709. The molecule has 2 N–H and O–H groups in total. The van der Waals surface area contributed by atoms with Crippen molar-refractivity contribution in [2.24, 2.45) is 0 Å². The predicted octanol–water partition coefficient (Wildman–Crippen LogP) is 2.80. The molecule has 2 rings (SSSR count). The third kappa shape index (κ3) is 6.18. The van der Waals surface area contributed by atoms with Gasteiger partial charge in [-0.15, -0.1) is 0 Å².